The number of imide groups is 1. The summed E-state index contributed by atoms with van der Waals surface area (Å²) in [5, 5.41) is 8.50. The highest BCUT2D eigenvalue weighted by Crippen LogP contribution is 2.12. The number of hydrogen-bond acceptors (Lipinski definition) is 10. The SMILES string of the molecule is C#CC(=O)N(CCC(=O)NC(C)C(=O)NC(C)C(=O)ON1C(=O)CCC1=O)NCCC(=O)NC(C)C(C)=O. The molecule has 0 aromatic heterocycles. The second kappa shape index (κ2) is 15.1. The Kier molecular flexibility index (Phi) is 12.6. The zero-order valence-corrected chi connectivity index (χ0v) is 21.6. The van der Waals surface area contributed by atoms with Crippen LogP contribution in [0.2, 0.25) is 0 Å². The van der Waals surface area contributed by atoms with E-state index < -0.39 is 59.5 Å². The van der Waals surface area contributed by atoms with Crippen molar-refractivity contribution in [3.05, 3.63) is 0 Å². The van der Waals surface area contributed by atoms with Crippen molar-refractivity contribution in [3.8, 4) is 12.3 Å². The van der Waals surface area contributed by atoms with Gasteiger partial charge < -0.3 is 20.8 Å². The molecule has 15 nitrogen and oxygen atoms in total. The maximum absolute atomic E-state index is 12.3. The third kappa shape index (κ3) is 10.3. The first-order valence-electron chi connectivity index (χ1n) is 11.8. The third-order valence-electron chi connectivity index (χ3n) is 5.24. The molecular formula is C23H32N6O9. The Morgan fingerprint density at radius 2 is 1.47 bits per heavy atom. The van der Waals surface area contributed by atoms with Gasteiger partial charge in [0.05, 0.1) is 6.04 Å². The molecule has 1 saturated heterocycles. The summed E-state index contributed by atoms with van der Waals surface area (Å²) in [5.41, 5.74) is 2.64. The zero-order chi connectivity index (χ0) is 29.0. The van der Waals surface area contributed by atoms with E-state index in [9.17, 15) is 38.4 Å². The molecule has 208 valence electrons. The monoisotopic (exact) mass is 536 g/mol. The van der Waals surface area contributed by atoms with Gasteiger partial charge in [-0.1, -0.05) is 0 Å². The van der Waals surface area contributed by atoms with E-state index in [0.29, 0.717) is 5.06 Å². The molecule has 0 aromatic rings. The predicted octanol–water partition coefficient (Wildman–Crippen LogP) is -2.56. The molecule has 0 aromatic carbocycles. The molecule has 1 rings (SSSR count). The van der Waals surface area contributed by atoms with Crippen molar-refractivity contribution < 1.29 is 43.2 Å². The summed E-state index contributed by atoms with van der Waals surface area (Å²) in [6.45, 7) is 5.30. The number of terminal acetylenes is 1. The number of hydrogen-bond donors (Lipinski definition) is 4. The molecule has 1 fully saturated rings. The van der Waals surface area contributed by atoms with E-state index in [0.717, 1.165) is 5.01 Å². The Balaban J connectivity index is 2.48. The lowest BCUT2D eigenvalue weighted by molar-refractivity contribution is -0.198. The largest absolute Gasteiger partial charge is 0.354 e. The maximum atomic E-state index is 12.3. The fraction of sp³-hybridized carbons (Fsp3) is 0.565. The van der Waals surface area contributed by atoms with Crippen LogP contribution >= 0.6 is 0 Å². The van der Waals surface area contributed by atoms with Gasteiger partial charge in [0.1, 0.15) is 12.1 Å². The predicted molar refractivity (Wildman–Crippen MR) is 128 cm³/mol. The highest BCUT2D eigenvalue weighted by molar-refractivity contribution is 6.02. The molecule has 38 heavy (non-hydrogen) atoms. The first-order valence-corrected chi connectivity index (χ1v) is 11.8. The molecule has 0 saturated carbocycles. The van der Waals surface area contributed by atoms with E-state index >= 15 is 0 Å². The molecule has 0 bridgehead atoms. The highest BCUT2D eigenvalue weighted by atomic mass is 16.7. The summed E-state index contributed by atoms with van der Waals surface area (Å²) in [6.07, 6.45) is 4.65. The van der Waals surface area contributed by atoms with Gasteiger partial charge in [-0.25, -0.2) is 10.2 Å². The van der Waals surface area contributed by atoms with Gasteiger partial charge in [-0.15, -0.1) is 11.5 Å². The Labute approximate surface area is 219 Å². The summed E-state index contributed by atoms with van der Waals surface area (Å²) >= 11 is 0. The standard InChI is InChI=1S/C23H32N6O9/c1-6-19(33)28(24-11-9-17(31)25-13(2)16(5)30)12-10-18(32)26-14(3)22(36)27-15(4)23(37)38-29-20(34)7-8-21(29)35/h1,13-15,24H,7-12H2,2-5H3,(H,25,31)(H,26,32)(H,27,36). The molecule has 0 aliphatic carbocycles. The van der Waals surface area contributed by atoms with Gasteiger partial charge in [-0.3, -0.25) is 38.6 Å². The normalized spacial score (nSPS) is 15.0. The summed E-state index contributed by atoms with van der Waals surface area (Å²) < 4.78 is 0. The second-order valence-electron chi connectivity index (χ2n) is 8.42. The molecule has 3 atom stereocenters. The van der Waals surface area contributed by atoms with Crippen molar-refractivity contribution in [2.24, 2.45) is 0 Å². The average Bonchev–Trinajstić information content (AvgIpc) is 3.17. The maximum Gasteiger partial charge on any atom is 0.354 e. The fourth-order valence-corrected chi connectivity index (χ4v) is 2.87. The number of carbonyl (C=O) groups is 8. The van der Waals surface area contributed by atoms with Crippen molar-refractivity contribution in [2.75, 3.05) is 13.1 Å². The van der Waals surface area contributed by atoms with Gasteiger partial charge in [0.2, 0.25) is 17.7 Å². The second-order valence-corrected chi connectivity index (χ2v) is 8.42. The van der Waals surface area contributed by atoms with Gasteiger partial charge in [-0.05, 0) is 33.6 Å². The number of nitrogens with zero attached hydrogens (tertiary/aromatic N) is 2. The van der Waals surface area contributed by atoms with Crippen LogP contribution in [0.3, 0.4) is 0 Å². The smallest absolute Gasteiger partial charge is 0.347 e. The lowest BCUT2D eigenvalue weighted by Crippen LogP contribution is -2.51. The number of ketones is 1. The van der Waals surface area contributed by atoms with Crippen LogP contribution in [0.1, 0.15) is 53.4 Å². The van der Waals surface area contributed by atoms with Crippen LogP contribution in [-0.4, -0.2) is 88.5 Å². The van der Waals surface area contributed by atoms with Crippen molar-refractivity contribution in [1.82, 2.24) is 31.4 Å². The Morgan fingerprint density at radius 3 is 2.03 bits per heavy atom. The molecule has 1 aliphatic heterocycles. The van der Waals surface area contributed by atoms with Gasteiger partial charge in [0.15, 0.2) is 5.78 Å². The van der Waals surface area contributed by atoms with Gasteiger partial charge >= 0.3 is 11.9 Å². The molecule has 0 spiro atoms. The Bertz CT molecular complexity index is 1010. The molecule has 3 unspecified atom stereocenters. The lowest BCUT2D eigenvalue weighted by atomic mass is 10.2. The first kappa shape index (κ1) is 31.7. The molecule has 6 amide bonds. The minimum atomic E-state index is -1.23. The van der Waals surface area contributed by atoms with E-state index in [1.165, 1.54) is 27.7 Å². The van der Waals surface area contributed by atoms with E-state index in [4.69, 9.17) is 11.3 Å². The van der Waals surface area contributed by atoms with Gasteiger partial charge in [0.25, 0.3) is 11.8 Å². The number of nitrogens with one attached hydrogen (secondary N) is 4. The average molecular weight is 537 g/mol. The summed E-state index contributed by atoms with van der Waals surface area (Å²) in [5.74, 6) is -3.29. The van der Waals surface area contributed by atoms with Crippen molar-refractivity contribution in [3.63, 3.8) is 0 Å². The van der Waals surface area contributed by atoms with Crippen LogP contribution < -0.4 is 21.4 Å². The van der Waals surface area contributed by atoms with E-state index in [-0.39, 0.29) is 44.6 Å². The van der Waals surface area contributed by atoms with Gasteiger partial charge in [-0.2, -0.15) is 0 Å². The lowest BCUT2D eigenvalue weighted by Gasteiger charge is -2.22. The molecule has 4 N–H and O–H groups in total. The fourth-order valence-electron chi connectivity index (χ4n) is 2.87. The van der Waals surface area contributed by atoms with Crippen LogP contribution in [0, 0.1) is 12.3 Å². The van der Waals surface area contributed by atoms with Crippen LogP contribution in [0.5, 0.6) is 0 Å². The van der Waals surface area contributed by atoms with Crippen LogP contribution in [0.15, 0.2) is 0 Å². The van der Waals surface area contributed by atoms with E-state index in [1.54, 1.807) is 0 Å². The summed E-state index contributed by atoms with van der Waals surface area (Å²) in [6, 6.07) is -2.97. The Hall–Kier alpha value is -4.32. The molecule has 0 radical (unpaired) electrons. The minimum Gasteiger partial charge on any atom is -0.347 e. The third-order valence-corrected chi connectivity index (χ3v) is 5.24. The van der Waals surface area contributed by atoms with E-state index in [1.807, 2.05) is 5.92 Å². The van der Waals surface area contributed by atoms with Crippen molar-refractivity contribution in [2.45, 2.75) is 71.5 Å². The highest BCUT2D eigenvalue weighted by Gasteiger charge is 2.34. The van der Waals surface area contributed by atoms with Crippen molar-refractivity contribution >= 4 is 47.2 Å². The van der Waals surface area contributed by atoms with Crippen LogP contribution in [-0.2, 0) is 43.2 Å². The number of hydroxylamine groups is 2. The number of hydrazine groups is 1. The van der Waals surface area contributed by atoms with Crippen LogP contribution in [0.25, 0.3) is 0 Å². The molecular weight excluding hydrogens is 504 g/mol. The molecule has 1 aliphatic rings. The number of rotatable bonds is 14. The number of Topliss-reactive ketones (excluding diaryl/α,β-unsaturated/α-hetero) is 1. The summed E-state index contributed by atoms with van der Waals surface area (Å²) in [4.78, 5) is 99.5. The topological polar surface area (TPSA) is 200 Å². The minimum absolute atomic E-state index is 0.00703. The van der Waals surface area contributed by atoms with Gasteiger partial charge in [0, 0.05) is 38.8 Å². The quantitative estimate of drug-likeness (QED) is 0.104. The van der Waals surface area contributed by atoms with E-state index in [2.05, 4.69) is 21.4 Å². The van der Waals surface area contributed by atoms with Crippen LogP contribution in [0.4, 0.5) is 0 Å². The Morgan fingerprint density at radius 1 is 0.921 bits per heavy atom. The molecule has 1 heterocycles. The van der Waals surface area contributed by atoms with Crippen molar-refractivity contribution in [1.29, 1.82) is 0 Å². The number of carbonyl (C=O) groups excluding carboxylic acids is 8. The number of amides is 6. The zero-order valence-electron chi connectivity index (χ0n) is 21.6. The first-order chi connectivity index (χ1) is 17.8. The summed E-state index contributed by atoms with van der Waals surface area (Å²) in [7, 11) is 0. The molecule has 15 heteroatoms.